The number of piperidine rings is 1. The van der Waals surface area contributed by atoms with Gasteiger partial charge in [0.15, 0.2) is 0 Å². The normalized spacial score (nSPS) is 24.1. The second-order valence-corrected chi connectivity index (χ2v) is 8.22. The first-order valence-electron chi connectivity index (χ1n) is 8.93. The molecule has 0 radical (unpaired) electrons. The minimum Gasteiger partial charge on any atom is -0.348 e. The van der Waals surface area contributed by atoms with Crippen LogP contribution in [-0.2, 0) is 0 Å². The summed E-state index contributed by atoms with van der Waals surface area (Å²) in [7, 11) is 0. The van der Waals surface area contributed by atoms with Crippen molar-refractivity contribution in [2.45, 2.75) is 51.6 Å². The molecule has 2 aliphatic heterocycles. The standard InChI is InChI=1S/C19H25N3OS/c1-13-14(2)24-19(22-10-5-6-11-22)17(13)18(23)20-15-8-12-21-9-4-3-7-16(15)21/h5-6,10-11,15-16H,3-4,7-9,12H2,1-2H3,(H,20,23)/t15-,16-/m0/s1. The van der Waals surface area contributed by atoms with E-state index in [0.717, 1.165) is 29.1 Å². The first-order chi connectivity index (χ1) is 11.6. The molecule has 1 amide bonds. The predicted octanol–water partition coefficient (Wildman–Crippen LogP) is 3.51. The van der Waals surface area contributed by atoms with Gasteiger partial charge in [-0.3, -0.25) is 9.69 Å². The quantitative estimate of drug-likeness (QED) is 0.926. The maximum Gasteiger partial charge on any atom is 0.254 e. The number of thiophene rings is 1. The highest BCUT2D eigenvalue weighted by molar-refractivity contribution is 7.15. The largest absolute Gasteiger partial charge is 0.348 e. The number of rotatable bonds is 3. The molecule has 128 valence electrons. The zero-order valence-electron chi connectivity index (χ0n) is 14.4. The third-order valence-electron chi connectivity index (χ3n) is 5.61. The summed E-state index contributed by atoms with van der Waals surface area (Å²) in [5, 5.41) is 4.40. The van der Waals surface area contributed by atoms with E-state index in [4.69, 9.17) is 0 Å². The Morgan fingerprint density at radius 1 is 1.17 bits per heavy atom. The van der Waals surface area contributed by atoms with Crippen molar-refractivity contribution >= 4 is 17.2 Å². The van der Waals surface area contributed by atoms with Gasteiger partial charge in [0.1, 0.15) is 5.00 Å². The molecule has 4 nitrogen and oxygen atoms in total. The van der Waals surface area contributed by atoms with Gasteiger partial charge < -0.3 is 9.88 Å². The number of nitrogens with one attached hydrogen (secondary N) is 1. The van der Waals surface area contributed by atoms with Crippen molar-refractivity contribution in [1.29, 1.82) is 0 Å². The van der Waals surface area contributed by atoms with E-state index in [1.165, 1.54) is 30.7 Å². The maximum atomic E-state index is 13.1. The van der Waals surface area contributed by atoms with Crippen LogP contribution in [0.4, 0.5) is 0 Å². The number of aryl methyl sites for hydroxylation is 1. The van der Waals surface area contributed by atoms with E-state index in [1.54, 1.807) is 11.3 Å². The van der Waals surface area contributed by atoms with E-state index < -0.39 is 0 Å². The van der Waals surface area contributed by atoms with Gasteiger partial charge in [-0.15, -0.1) is 11.3 Å². The Morgan fingerprint density at radius 2 is 1.96 bits per heavy atom. The van der Waals surface area contributed by atoms with Gasteiger partial charge in [-0.25, -0.2) is 0 Å². The van der Waals surface area contributed by atoms with Gasteiger partial charge in [0.25, 0.3) is 5.91 Å². The molecule has 0 aromatic carbocycles. The number of hydrogen-bond acceptors (Lipinski definition) is 3. The van der Waals surface area contributed by atoms with Crippen molar-refractivity contribution in [3.05, 3.63) is 40.5 Å². The van der Waals surface area contributed by atoms with E-state index in [0.29, 0.717) is 12.1 Å². The molecule has 0 saturated carbocycles. The first kappa shape index (κ1) is 15.9. The van der Waals surface area contributed by atoms with E-state index in [1.807, 2.05) is 24.5 Å². The topological polar surface area (TPSA) is 37.3 Å². The summed E-state index contributed by atoms with van der Waals surface area (Å²) in [6.45, 7) is 6.49. The van der Waals surface area contributed by atoms with Crippen molar-refractivity contribution in [3.63, 3.8) is 0 Å². The smallest absolute Gasteiger partial charge is 0.254 e. The monoisotopic (exact) mass is 343 g/mol. The van der Waals surface area contributed by atoms with Crippen molar-refractivity contribution in [2.24, 2.45) is 0 Å². The number of nitrogens with zero attached hydrogens (tertiary/aromatic N) is 2. The predicted molar refractivity (Wildman–Crippen MR) is 98.2 cm³/mol. The average Bonchev–Trinajstić information content (AvgIpc) is 3.29. The fraction of sp³-hybridized carbons (Fsp3) is 0.526. The van der Waals surface area contributed by atoms with Crippen molar-refractivity contribution in [2.75, 3.05) is 13.1 Å². The Morgan fingerprint density at radius 3 is 2.75 bits per heavy atom. The zero-order valence-corrected chi connectivity index (χ0v) is 15.2. The van der Waals surface area contributed by atoms with Crippen LogP contribution in [0, 0.1) is 13.8 Å². The zero-order chi connectivity index (χ0) is 16.7. The van der Waals surface area contributed by atoms with Crippen molar-refractivity contribution in [3.8, 4) is 5.00 Å². The van der Waals surface area contributed by atoms with Crippen LogP contribution in [0.15, 0.2) is 24.5 Å². The minimum atomic E-state index is 0.0953. The summed E-state index contributed by atoms with van der Waals surface area (Å²) in [6, 6.07) is 4.85. The number of hydrogen-bond donors (Lipinski definition) is 1. The van der Waals surface area contributed by atoms with Crippen molar-refractivity contribution in [1.82, 2.24) is 14.8 Å². The molecule has 2 fully saturated rings. The number of carbonyl (C=O) groups excluding carboxylic acids is 1. The van der Waals surface area contributed by atoms with Gasteiger partial charge in [0.05, 0.1) is 5.56 Å². The Balaban J connectivity index is 1.59. The third-order valence-corrected chi connectivity index (χ3v) is 6.83. The summed E-state index contributed by atoms with van der Waals surface area (Å²) in [4.78, 5) is 16.9. The molecule has 24 heavy (non-hydrogen) atoms. The van der Waals surface area contributed by atoms with E-state index >= 15 is 0 Å². The second-order valence-electron chi connectivity index (χ2n) is 7.02. The lowest BCUT2D eigenvalue weighted by Crippen LogP contribution is -2.47. The van der Waals surface area contributed by atoms with E-state index in [9.17, 15) is 4.79 Å². The van der Waals surface area contributed by atoms with Gasteiger partial charge in [0, 0.05) is 35.9 Å². The molecule has 2 atom stereocenters. The van der Waals surface area contributed by atoms with Crippen LogP contribution in [0.1, 0.15) is 46.5 Å². The summed E-state index contributed by atoms with van der Waals surface area (Å²) in [5.41, 5.74) is 1.96. The molecule has 1 N–H and O–H groups in total. The maximum absolute atomic E-state index is 13.1. The summed E-state index contributed by atoms with van der Waals surface area (Å²) in [6.07, 6.45) is 8.92. The number of fused-ring (bicyclic) bond motifs is 1. The number of aromatic nitrogens is 1. The fourth-order valence-electron chi connectivity index (χ4n) is 4.18. The summed E-state index contributed by atoms with van der Waals surface area (Å²) >= 11 is 1.70. The molecule has 4 heterocycles. The van der Waals surface area contributed by atoms with Crippen LogP contribution < -0.4 is 5.32 Å². The Bertz CT molecular complexity index is 734. The van der Waals surface area contributed by atoms with Crippen LogP contribution in [0.2, 0.25) is 0 Å². The third kappa shape index (κ3) is 2.70. The number of carbonyl (C=O) groups is 1. The van der Waals surface area contributed by atoms with Crippen LogP contribution in [0.5, 0.6) is 0 Å². The van der Waals surface area contributed by atoms with E-state index in [-0.39, 0.29) is 5.91 Å². The Kier molecular flexibility index (Phi) is 4.22. The van der Waals surface area contributed by atoms with Gasteiger partial charge in [-0.1, -0.05) is 6.42 Å². The molecule has 4 rings (SSSR count). The Labute approximate surface area is 147 Å². The lowest BCUT2D eigenvalue weighted by atomic mass is 9.98. The fourth-order valence-corrected chi connectivity index (χ4v) is 5.30. The lowest BCUT2D eigenvalue weighted by Gasteiger charge is -2.32. The second kappa shape index (κ2) is 6.37. The first-order valence-corrected chi connectivity index (χ1v) is 9.75. The van der Waals surface area contributed by atoms with Gasteiger partial charge in [-0.2, -0.15) is 0 Å². The molecule has 2 aromatic rings. The van der Waals surface area contributed by atoms with Crippen LogP contribution in [0.3, 0.4) is 0 Å². The molecular formula is C19H25N3OS. The van der Waals surface area contributed by atoms with Crippen LogP contribution in [0.25, 0.3) is 5.00 Å². The molecule has 0 bridgehead atoms. The molecule has 0 unspecified atom stereocenters. The highest BCUT2D eigenvalue weighted by Gasteiger charge is 2.37. The van der Waals surface area contributed by atoms with Crippen LogP contribution in [-0.4, -0.2) is 40.5 Å². The number of amides is 1. The molecule has 0 spiro atoms. The van der Waals surface area contributed by atoms with Crippen LogP contribution >= 0.6 is 11.3 Å². The highest BCUT2D eigenvalue weighted by atomic mass is 32.1. The molecule has 2 aromatic heterocycles. The molecular weight excluding hydrogens is 318 g/mol. The molecule has 2 aliphatic rings. The van der Waals surface area contributed by atoms with Gasteiger partial charge >= 0.3 is 0 Å². The lowest BCUT2D eigenvalue weighted by molar-refractivity contribution is 0.0915. The molecule has 5 heteroatoms. The summed E-state index contributed by atoms with van der Waals surface area (Å²) in [5.74, 6) is 0.0953. The molecule has 0 aliphatic carbocycles. The van der Waals surface area contributed by atoms with Gasteiger partial charge in [0.2, 0.25) is 0 Å². The van der Waals surface area contributed by atoms with Gasteiger partial charge in [-0.05, 0) is 57.4 Å². The average molecular weight is 343 g/mol. The SMILES string of the molecule is Cc1sc(-n2cccc2)c(C(=O)N[C@H]2CCN3CCCC[C@@H]23)c1C. The van der Waals surface area contributed by atoms with E-state index in [2.05, 4.69) is 28.6 Å². The minimum absolute atomic E-state index is 0.0953. The van der Waals surface area contributed by atoms with Crippen molar-refractivity contribution < 1.29 is 4.79 Å². The molecule has 2 saturated heterocycles. The highest BCUT2D eigenvalue weighted by Crippen LogP contribution is 2.32. The summed E-state index contributed by atoms with van der Waals surface area (Å²) < 4.78 is 2.06. The Hall–Kier alpha value is -1.59.